The highest BCUT2D eigenvalue weighted by atomic mass is 35.5. The maximum Gasteiger partial charge on any atom is 0.337 e. The standard InChI is InChI=1S/C19H23N3O2.C12H7ClFNO2/c1-12(2)8-13(20)11-24-14-4-5-16-15-6-7-21-10-17(15)19(23)22(3)18(16)9-14;13-7-1-2-9(11(14)5-7)8-3-4-15-6-10(8)12(16)17/h4-7,9-10,12-13H,8,11,20H2,1-3H3;1-6H,(H,16,17)/t13-;/m0./s1. The van der Waals surface area contributed by atoms with Crippen molar-refractivity contribution in [1.82, 2.24) is 14.5 Å². The van der Waals surface area contributed by atoms with Crippen molar-refractivity contribution in [3.8, 4) is 16.9 Å². The molecule has 0 amide bonds. The number of ether oxygens (including phenoxy) is 1. The fourth-order valence-electron chi connectivity index (χ4n) is 4.58. The monoisotopic (exact) mass is 576 g/mol. The van der Waals surface area contributed by atoms with Crippen molar-refractivity contribution in [2.75, 3.05) is 6.61 Å². The molecule has 0 saturated carbocycles. The first kappa shape index (κ1) is 29.6. The zero-order valence-corrected chi connectivity index (χ0v) is 23.6. The first-order chi connectivity index (χ1) is 19.6. The molecule has 0 fully saturated rings. The first-order valence-electron chi connectivity index (χ1n) is 12.9. The number of nitrogens with zero attached hydrogens (tertiary/aromatic N) is 3. The number of hydrogen-bond donors (Lipinski definition) is 2. The summed E-state index contributed by atoms with van der Waals surface area (Å²) in [6, 6.07) is 13.2. The van der Waals surface area contributed by atoms with Gasteiger partial charge >= 0.3 is 5.97 Å². The molecule has 0 spiro atoms. The van der Waals surface area contributed by atoms with Crippen LogP contribution in [0.15, 0.2) is 78.1 Å². The number of aromatic carboxylic acids is 1. The lowest BCUT2D eigenvalue weighted by Crippen LogP contribution is -2.29. The molecule has 0 unspecified atom stereocenters. The van der Waals surface area contributed by atoms with Gasteiger partial charge in [0, 0.05) is 65.5 Å². The summed E-state index contributed by atoms with van der Waals surface area (Å²) < 4.78 is 21.2. The second-order valence-corrected chi connectivity index (χ2v) is 10.5. The molecule has 5 aromatic rings. The van der Waals surface area contributed by atoms with E-state index in [0.29, 0.717) is 17.9 Å². The largest absolute Gasteiger partial charge is 0.492 e. The van der Waals surface area contributed by atoms with Crippen molar-refractivity contribution < 1.29 is 19.0 Å². The van der Waals surface area contributed by atoms with Crippen molar-refractivity contribution in [2.45, 2.75) is 26.3 Å². The van der Waals surface area contributed by atoms with E-state index in [2.05, 4.69) is 23.8 Å². The number of halogens is 2. The molecule has 1 atom stereocenters. The molecule has 0 saturated heterocycles. The molecule has 0 aliphatic carbocycles. The number of aromatic nitrogens is 3. The van der Waals surface area contributed by atoms with Crippen LogP contribution in [0.1, 0.15) is 30.6 Å². The zero-order valence-electron chi connectivity index (χ0n) is 22.8. The molecule has 0 bridgehead atoms. The van der Waals surface area contributed by atoms with E-state index in [9.17, 15) is 14.0 Å². The summed E-state index contributed by atoms with van der Waals surface area (Å²) in [5.74, 6) is -0.445. The van der Waals surface area contributed by atoms with Gasteiger partial charge in [-0.1, -0.05) is 25.4 Å². The predicted octanol–water partition coefficient (Wildman–Crippen LogP) is 6.08. The van der Waals surface area contributed by atoms with Crippen LogP contribution in [0.5, 0.6) is 5.75 Å². The number of hydrogen-bond acceptors (Lipinski definition) is 6. The van der Waals surface area contributed by atoms with Gasteiger partial charge in [-0.2, -0.15) is 0 Å². The minimum Gasteiger partial charge on any atom is -0.492 e. The van der Waals surface area contributed by atoms with E-state index in [1.807, 2.05) is 24.3 Å². The lowest BCUT2D eigenvalue weighted by Gasteiger charge is -2.16. The Hall–Kier alpha value is -4.34. The van der Waals surface area contributed by atoms with Crippen LogP contribution in [0.4, 0.5) is 4.39 Å². The SMILES string of the molecule is CC(C)C[C@H](N)COc1ccc2c3ccncc3c(=O)n(C)c2c1.O=C(O)c1cnccc1-c1ccc(Cl)cc1F. The van der Waals surface area contributed by atoms with Crippen molar-refractivity contribution in [3.05, 3.63) is 100 Å². The molecule has 10 heteroatoms. The van der Waals surface area contributed by atoms with Crippen LogP contribution in [0.2, 0.25) is 5.02 Å². The molecule has 0 aliphatic heterocycles. The molecule has 2 aromatic carbocycles. The van der Waals surface area contributed by atoms with Crippen LogP contribution >= 0.6 is 11.6 Å². The highest BCUT2D eigenvalue weighted by Crippen LogP contribution is 2.28. The Morgan fingerprint density at radius 3 is 2.46 bits per heavy atom. The summed E-state index contributed by atoms with van der Waals surface area (Å²) in [6.07, 6.45) is 6.84. The molecular formula is C31H30ClFN4O4. The molecule has 3 heterocycles. The maximum absolute atomic E-state index is 13.7. The van der Waals surface area contributed by atoms with Crippen LogP contribution in [0.3, 0.4) is 0 Å². The molecule has 5 rings (SSSR count). The molecule has 3 aromatic heterocycles. The number of carboxylic acid groups (broad SMARTS) is 1. The minimum absolute atomic E-state index is 0.00666. The Kier molecular flexibility index (Phi) is 9.31. The average Bonchev–Trinajstić information content (AvgIpc) is 2.95. The van der Waals surface area contributed by atoms with Gasteiger partial charge in [0.15, 0.2) is 0 Å². The van der Waals surface area contributed by atoms with Crippen LogP contribution in [-0.4, -0.2) is 38.3 Å². The number of carbonyl (C=O) groups is 1. The van der Waals surface area contributed by atoms with Crippen LogP contribution in [-0.2, 0) is 7.05 Å². The van der Waals surface area contributed by atoms with E-state index in [4.69, 9.17) is 27.2 Å². The average molecular weight is 577 g/mol. The van der Waals surface area contributed by atoms with Gasteiger partial charge in [-0.15, -0.1) is 0 Å². The number of carboxylic acids is 1. The topological polar surface area (TPSA) is 120 Å². The predicted molar refractivity (Wildman–Crippen MR) is 159 cm³/mol. The van der Waals surface area contributed by atoms with E-state index in [0.717, 1.165) is 34.5 Å². The van der Waals surface area contributed by atoms with Crippen LogP contribution in [0.25, 0.3) is 32.8 Å². The lowest BCUT2D eigenvalue weighted by molar-refractivity contribution is 0.0697. The van der Waals surface area contributed by atoms with E-state index < -0.39 is 11.8 Å². The number of aryl methyl sites for hydroxylation is 1. The third-order valence-electron chi connectivity index (χ3n) is 6.49. The molecular weight excluding hydrogens is 547 g/mol. The number of benzene rings is 2. The van der Waals surface area contributed by atoms with Gasteiger partial charge in [0.05, 0.1) is 16.5 Å². The summed E-state index contributed by atoms with van der Waals surface area (Å²) in [6.45, 7) is 4.76. The van der Waals surface area contributed by atoms with Gasteiger partial charge in [0.1, 0.15) is 18.2 Å². The third-order valence-corrected chi connectivity index (χ3v) is 6.72. The first-order valence-corrected chi connectivity index (χ1v) is 13.3. The second kappa shape index (κ2) is 12.9. The Morgan fingerprint density at radius 1 is 1.02 bits per heavy atom. The summed E-state index contributed by atoms with van der Waals surface area (Å²) in [4.78, 5) is 31.3. The minimum atomic E-state index is -1.15. The third kappa shape index (κ3) is 6.87. The number of pyridine rings is 3. The fourth-order valence-corrected chi connectivity index (χ4v) is 4.74. The molecule has 8 nitrogen and oxygen atoms in total. The Balaban J connectivity index is 0.000000201. The summed E-state index contributed by atoms with van der Waals surface area (Å²) in [7, 11) is 1.77. The number of fused-ring (bicyclic) bond motifs is 3. The van der Waals surface area contributed by atoms with Crippen molar-refractivity contribution >= 4 is 39.2 Å². The second-order valence-electron chi connectivity index (χ2n) is 10.0. The van der Waals surface area contributed by atoms with Gasteiger partial charge in [-0.25, -0.2) is 9.18 Å². The van der Waals surface area contributed by atoms with Gasteiger partial charge in [0.2, 0.25) is 0 Å². The van der Waals surface area contributed by atoms with Gasteiger partial charge in [-0.05, 0) is 60.2 Å². The summed E-state index contributed by atoms with van der Waals surface area (Å²) in [5, 5.41) is 11.8. The summed E-state index contributed by atoms with van der Waals surface area (Å²) >= 11 is 5.64. The number of nitrogens with two attached hydrogens (primary N) is 1. The maximum atomic E-state index is 13.7. The Labute approximate surface area is 241 Å². The zero-order chi connectivity index (χ0) is 29.7. The van der Waals surface area contributed by atoms with Gasteiger partial charge in [0.25, 0.3) is 5.56 Å². The van der Waals surface area contributed by atoms with E-state index >= 15 is 0 Å². The normalized spacial score (nSPS) is 11.8. The molecule has 3 N–H and O–H groups in total. The highest BCUT2D eigenvalue weighted by Gasteiger charge is 2.15. The van der Waals surface area contributed by atoms with Gasteiger partial charge < -0.3 is 20.1 Å². The van der Waals surface area contributed by atoms with E-state index in [1.54, 1.807) is 24.0 Å². The smallest absolute Gasteiger partial charge is 0.337 e. The highest BCUT2D eigenvalue weighted by molar-refractivity contribution is 6.30. The fraction of sp³-hybridized carbons (Fsp3) is 0.226. The lowest BCUT2D eigenvalue weighted by atomic mass is 10.0. The van der Waals surface area contributed by atoms with E-state index in [-0.39, 0.29) is 33.3 Å². The molecule has 212 valence electrons. The summed E-state index contributed by atoms with van der Waals surface area (Å²) in [5.41, 5.74) is 7.28. The van der Waals surface area contributed by atoms with Crippen molar-refractivity contribution in [1.29, 1.82) is 0 Å². The molecule has 0 radical (unpaired) electrons. The van der Waals surface area contributed by atoms with Crippen molar-refractivity contribution in [2.24, 2.45) is 18.7 Å². The van der Waals surface area contributed by atoms with E-state index in [1.165, 1.54) is 30.6 Å². The Morgan fingerprint density at radius 2 is 1.76 bits per heavy atom. The Bertz CT molecular complexity index is 1770. The molecule has 41 heavy (non-hydrogen) atoms. The van der Waals surface area contributed by atoms with Crippen LogP contribution in [0, 0.1) is 11.7 Å². The van der Waals surface area contributed by atoms with Crippen LogP contribution < -0.4 is 16.0 Å². The quantitative estimate of drug-likeness (QED) is 0.225. The molecule has 0 aliphatic rings. The number of rotatable bonds is 7. The van der Waals surface area contributed by atoms with Crippen molar-refractivity contribution in [3.63, 3.8) is 0 Å². The van der Waals surface area contributed by atoms with Gasteiger partial charge in [-0.3, -0.25) is 14.8 Å².